The fourth-order valence-corrected chi connectivity index (χ4v) is 2.55. The molecule has 5 nitrogen and oxygen atoms in total. The highest BCUT2D eigenvalue weighted by Gasteiger charge is 2.23. The molecule has 2 N–H and O–H groups in total. The number of rotatable bonds is 3. The van der Waals surface area contributed by atoms with Crippen molar-refractivity contribution in [3.63, 3.8) is 0 Å². The Bertz CT molecular complexity index is 419. The zero-order valence-electron chi connectivity index (χ0n) is 10.3. The van der Waals surface area contributed by atoms with E-state index >= 15 is 0 Å². The Morgan fingerprint density at radius 1 is 1.22 bits per heavy atom. The van der Waals surface area contributed by atoms with E-state index < -0.39 is 0 Å². The van der Waals surface area contributed by atoms with E-state index in [-0.39, 0.29) is 19.4 Å². The number of ether oxygens (including phenoxy) is 2. The lowest BCUT2D eigenvalue weighted by Gasteiger charge is -2.34. The second-order valence-electron chi connectivity index (χ2n) is 4.60. The minimum absolute atomic E-state index is 0.0431. The van der Waals surface area contributed by atoms with Gasteiger partial charge in [-0.3, -0.25) is 4.90 Å². The molecule has 1 fully saturated rings. The van der Waals surface area contributed by atoms with Gasteiger partial charge in [0, 0.05) is 26.2 Å². The molecule has 5 heteroatoms. The quantitative estimate of drug-likeness (QED) is 0.811. The maximum atomic E-state index is 9.65. The molecule has 0 unspecified atom stereocenters. The van der Waals surface area contributed by atoms with E-state index in [0.717, 1.165) is 43.2 Å². The lowest BCUT2D eigenvalue weighted by Crippen LogP contribution is -2.46. The van der Waals surface area contributed by atoms with Crippen molar-refractivity contribution in [3.05, 3.63) is 23.8 Å². The van der Waals surface area contributed by atoms with Crippen LogP contribution in [-0.2, 0) is 0 Å². The van der Waals surface area contributed by atoms with Gasteiger partial charge in [-0.1, -0.05) is 6.07 Å². The van der Waals surface area contributed by atoms with Crippen molar-refractivity contribution in [1.29, 1.82) is 0 Å². The van der Waals surface area contributed by atoms with Gasteiger partial charge in [-0.2, -0.15) is 0 Å². The minimum Gasteiger partial charge on any atom is -0.454 e. The van der Waals surface area contributed by atoms with Crippen LogP contribution < -0.4 is 14.8 Å². The minimum atomic E-state index is 0.0431. The maximum absolute atomic E-state index is 9.65. The molecule has 0 aromatic heterocycles. The molecular weight excluding hydrogens is 232 g/mol. The standard InChI is InChI=1S/C13H18N2O3/c16-8-11(15-5-3-14-4-6-15)10-1-2-12-13(7-10)18-9-17-12/h1-2,7,11,14,16H,3-6,8-9H2/t11-/m0/s1. The Morgan fingerprint density at radius 2 is 2.00 bits per heavy atom. The molecule has 18 heavy (non-hydrogen) atoms. The van der Waals surface area contributed by atoms with Gasteiger partial charge in [-0.15, -0.1) is 0 Å². The third kappa shape index (κ3) is 2.16. The van der Waals surface area contributed by atoms with Gasteiger partial charge in [-0.25, -0.2) is 0 Å². The summed E-state index contributed by atoms with van der Waals surface area (Å²) >= 11 is 0. The first-order valence-corrected chi connectivity index (χ1v) is 6.33. The maximum Gasteiger partial charge on any atom is 0.231 e. The number of fused-ring (bicyclic) bond motifs is 1. The van der Waals surface area contributed by atoms with Gasteiger partial charge in [0.05, 0.1) is 12.6 Å². The topological polar surface area (TPSA) is 54.0 Å². The van der Waals surface area contributed by atoms with Crippen LogP contribution >= 0.6 is 0 Å². The molecule has 0 radical (unpaired) electrons. The molecular formula is C13H18N2O3. The highest BCUT2D eigenvalue weighted by atomic mass is 16.7. The molecule has 0 spiro atoms. The SMILES string of the molecule is OC[C@@H](c1ccc2c(c1)OCO2)N1CCNCC1. The molecule has 2 heterocycles. The van der Waals surface area contributed by atoms with Crippen molar-refractivity contribution in [2.45, 2.75) is 6.04 Å². The Kier molecular flexibility index (Phi) is 3.36. The first-order chi connectivity index (χ1) is 8.88. The van der Waals surface area contributed by atoms with Crippen LogP contribution in [0.2, 0.25) is 0 Å². The molecule has 0 bridgehead atoms. The number of nitrogens with zero attached hydrogens (tertiary/aromatic N) is 1. The van der Waals surface area contributed by atoms with Crippen molar-refractivity contribution in [2.75, 3.05) is 39.6 Å². The normalized spacial score (nSPS) is 20.9. The van der Waals surface area contributed by atoms with Gasteiger partial charge < -0.3 is 19.9 Å². The third-order valence-corrected chi connectivity index (χ3v) is 3.55. The number of benzene rings is 1. The summed E-state index contributed by atoms with van der Waals surface area (Å²) in [5.41, 5.74) is 1.09. The second-order valence-corrected chi connectivity index (χ2v) is 4.60. The number of aliphatic hydroxyl groups excluding tert-OH is 1. The van der Waals surface area contributed by atoms with Crippen LogP contribution in [0.1, 0.15) is 11.6 Å². The first kappa shape index (κ1) is 11.8. The van der Waals surface area contributed by atoms with Crippen LogP contribution in [0.4, 0.5) is 0 Å². The largest absolute Gasteiger partial charge is 0.454 e. The third-order valence-electron chi connectivity index (χ3n) is 3.55. The molecule has 2 aliphatic rings. The summed E-state index contributed by atoms with van der Waals surface area (Å²) in [4.78, 5) is 2.30. The molecule has 0 amide bonds. The van der Waals surface area contributed by atoms with E-state index in [4.69, 9.17) is 9.47 Å². The molecule has 2 aliphatic heterocycles. The van der Waals surface area contributed by atoms with Crippen molar-refractivity contribution in [2.24, 2.45) is 0 Å². The monoisotopic (exact) mass is 250 g/mol. The van der Waals surface area contributed by atoms with Gasteiger partial charge in [-0.05, 0) is 17.7 Å². The number of hydrogen-bond donors (Lipinski definition) is 2. The van der Waals surface area contributed by atoms with E-state index in [9.17, 15) is 5.11 Å². The molecule has 98 valence electrons. The van der Waals surface area contributed by atoms with Crippen molar-refractivity contribution in [1.82, 2.24) is 10.2 Å². The van der Waals surface area contributed by atoms with Gasteiger partial charge in [0.2, 0.25) is 6.79 Å². The lowest BCUT2D eigenvalue weighted by molar-refractivity contribution is 0.110. The zero-order valence-corrected chi connectivity index (χ0v) is 10.3. The van der Waals surface area contributed by atoms with Gasteiger partial charge in [0.25, 0.3) is 0 Å². The predicted octanol–water partition coefficient (Wildman–Crippen LogP) is 0.354. The van der Waals surface area contributed by atoms with Crippen molar-refractivity contribution in [3.8, 4) is 11.5 Å². The Hall–Kier alpha value is -1.30. The molecule has 1 saturated heterocycles. The predicted molar refractivity (Wildman–Crippen MR) is 66.8 cm³/mol. The number of aliphatic hydroxyl groups is 1. The number of nitrogens with one attached hydrogen (secondary N) is 1. The fraction of sp³-hybridized carbons (Fsp3) is 0.538. The highest BCUT2D eigenvalue weighted by molar-refractivity contribution is 5.45. The fourth-order valence-electron chi connectivity index (χ4n) is 2.55. The summed E-state index contributed by atoms with van der Waals surface area (Å²) in [6.45, 7) is 4.28. The summed E-state index contributed by atoms with van der Waals surface area (Å²) in [5.74, 6) is 1.57. The molecule has 0 saturated carbocycles. The van der Waals surface area contributed by atoms with E-state index in [2.05, 4.69) is 10.2 Å². The first-order valence-electron chi connectivity index (χ1n) is 6.33. The summed E-state index contributed by atoms with van der Waals surface area (Å²) in [6, 6.07) is 5.95. The van der Waals surface area contributed by atoms with Crippen LogP contribution in [0.3, 0.4) is 0 Å². The molecule has 1 aromatic carbocycles. The van der Waals surface area contributed by atoms with Crippen LogP contribution in [0.25, 0.3) is 0 Å². The second kappa shape index (κ2) is 5.14. The molecule has 1 atom stereocenters. The van der Waals surface area contributed by atoms with Crippen LogP contribution in [0.5, 0.6) is 11.5 Å². The van der Waals surface area contributed by atoms with Gasteiger partial charge in [0.15, 0.2) is 11.5 Å². The van der Waals surface area contributed by atoms with Crippen LogP contribution in [-0.4, -0.2) is 49.6 Å². The summed E-state index contributed by atoms with van der Waals surface area (Å²) < 4.78 is 10.7. The molecule has 3 rings (SSSR count). The zero-order chi connectivity index (χ0) is 12.4. The average molecular weight is 250 g/mol. The van der Waals surface area contributed by atoms with Gasteiger partial charge >= 0.3 is 0 Å². The van der Waals surface area contributed by atoms with E-state index in [1.54, 1.807) is 0 Å². The smallest absolute Gasteiger partial charge is 0.231 e. The van der Waals surface area contributed by atoms with E-state index in [1.807, 2.05) is 18.2 Å². The van der Waals surface area contributed by atoms with Crippen molar-refractivity contribution < 1.29 is 14.6 Å². The van der Waals surface area contributed by atoms with Crippen molar-refractivity contribution >= 4 is 0 Å². The van der Waals surface area contributed by atoms with Crippen LogP contribution in [0, 0.1) is 0 Å². The van der Waals surface area contributed by atoms with Gasteiger partial charge in [0.1, 0.15) is 0 Å². The van der Waals surface area contributed by atoms with E-state index in [0.29, 0.717) is 0 Å². The molecule has 1 aromatic rings. The van der Waals surface area contributed by atoms with Crippen LogP contribution in [0.15, 0.2) is 18.2 Å². The Balaban J connectivity index is 1.82. The summed E-state index contributed by atoms with van der Waals surface area (Å²) in [6.07, 6.45) is 0. The summed E-state index contributed by atoms with van der Waals surface area (Å²) in [7, 11) is 0. The summed E-state index contributed by atoms with van der Waals surface area (Å²) in [5, 5.41) is 13.0. The number of hydrogen-bond acceptors (Lipinski definition) is 5. The van der Waals surface area contributed by atoms with E-state index in [1.165, 1.54) is 0 Å². The average Bonchev–Trinajstić information content (AvgIpc) is 2.88. The molecule has 0 aliphatic carbocycles. The number of piperazine rings is 1. The Labute approximate surface area is 106 Å². The lowest BCUT2D eigenvalue weighted by atomic mass is 10.0. The Morgan fingerprint density at radius 3 is 2.78 bits per heavy atom. The highest BCUT2D eigenvalue weighted by Crippen LogP contribution is 2.35.